The lowest BCUT2D eigenvalue weighted by atomic mass is 10.6. The average Bonchev–Trinajstić information content (AvgIpc) is 2.32. The van der Waals surface area contributed by atoms with Gasteiger partial charge in [0.2, 0.25) is 0 Å². The van der Waals surface area contributed by atoms with E-state index in [9.17, 15) is 0 Å². The number of thiophene rings is 1. The summed E-state index contributed by atoms with van der Waals surface area (Å²) in [5.74, 6) is 1.01. The van der Waals surface area contributed by atoms with Gasteiger partial charge in [-0.2, -0.15) is 0 Å². The van der Waals surface area contributed by atoms with Gasteiger partial charge in [0.25, 0.3) is 0 Å². The van der Waals surface area contributed by atoms with Crippen molar-refractivity contribution in [3.05, 3.63) is 11.4 Å². The molecule has 0 radical (unpaired) electrons. The van der Waals surface area contributed by atoms with Gasteiger partial charge in [-0.1, -0.05) is 19.6 Å². The van der Waals surface area contributed by atoms with Gasteiger partial charge in [0.1, 0.15) is 5.75 Å². The van der Waals surface area contributed by atoms with Crippen molar-refractivity contribution in [1.82, 2.24) is 0 Å². The van der Waals surface area contributed by atoms with Crippen molar-refractivity contribution < 1.29 is 4.74 Å². The molecule has 1 nitrogen and oxygen atoms in total. The summed E-state index contributed by atoms with van der Waals surface area (Å²) < 4.78 is 6.63. The highest BCUT2D eigenvalue weighted by Crippen LogP contribution is 2.16. The number of ether oxygens (including phenoxy) is 1. The molecule has 0 N–H and O–H groups in total. The van der Waals surface area contributed by atoms with E-state index in [4.69, 9.17) is 4.74 Å². The molecule has 1 aromatic rings. The molecule has 62 valence electrons. The van der Waals surface area contributed by atoms with Crippen molar-refractivity contribution in [3.63, 3.8) is 0 Å². The van der Waals surface area contributed by atoms with Crippen LogP contribution in [-0.2, 0) is 0 Å². The molecule has 11 heavy (non-hydrogen) atoms. The van der Waals surface area contributed by atoms with Crippen LogP contribution in [0.1, 0.15) is 0 Å². The third-order valence-electron chi connectivity index (χ3n) is 1.55. The van der Waals surface area contributed by atoms with E-state index in [-0.39, 0.29) is 0 Å². The van der Waals surface area contributed by atoms with Crippen molar-refractivity contribution >= 4 is 23.9 Å². The van der Waals surface area contributed by atoms with Gasteiger partial charge in [-0.25, -0.2) is 0 Å². The summed E-state index contributed by atoms with van der Waals surface area (Å²) in [5.41, 5.74) is 0. The first-order chi connectivity index (χ1) is 5.04. The summed E-state index contributed by atoms with van der Waals surface area (Å²) in [7, 11) is 0.628. The highest BCUT2D eigenvalue weighted by molar-refractivity contribution is 7.25. The van der Waals surface area contributed by atoms with Gasteiger partial charge in [0.15, 0.2) is 0 Å². The molecule has 0 saturated carbocycles. The number of hydrogen-bond acceptors (Lipinski definition) is 2. The summed E-state index contributed by atoms with van der Waals surface area (Å²) in [6.45, 7) is 7.04. The Kier molecular flexibility index (Phi) is 2.39. The first kappa shape index (κ1) is 8.81. The number of hydrogen-bond donors (Lipinski definition) is 0. The molecule has 1 rings (SSSR count). The fourth-order valence-electron chi connectivity index (χ4n) is 0.819. The molecule has 0 aliphatic rings. The maximum Gasteiger partial charge on any atom is 0.129 e. The molecule has 1 aromatic heterocycles. The Bertz CT molecular complexity index is 236. The van der Waals surface area contributed by atoms with Crippen molar-refractivity contribution in [3.8, 4) is 5.75 Å². The zero-order valence-electron chi connectivity index (χ0n) is 7.47. The number of rotatable bonds is 2. The monoisotopic (exact) mass is 186 g/mol. The maximum atomic E-state index is 5.12. The van der Waals surface area contributed by atoms with Crippen LogP contribution in [0.4, 0.5) is 0 Å². The summed E-state index contributed by atoms with van der Waals surface area (Å²) in [6.07, 6.45) is 0. The van der Waals surface area contributed by atoms with E-state index < -0.39 is 8.07 Å². The molecular formula is C8H14OSSi. The minimum atomic E-state index is -1.09. The van der Waals surface area contributed by atoms with E-state index in [1.54, 1.807) is 7.11 Å². The summed E-state index contributed by atoms with van der Waals surface area (Å²) in [5, 5.41) is 2.08. The zero-order valence-corrected chi connectivity index (χ0v) is 9.29. The van der Waals surface area contributed by atoms with Crippen LogP contribution in [0.2, 0.25) is 19.6 Å². The standard InChI is InChI=1S/C8H14OSSi/c1-9-7-5-8(10-6-7)11(2,3)4/h5-6H,1-4H3. The van der Waals surface area contributed by atoms with E-state index in [0.29, 0.717) is 0 Å². The lowest BCUT2D eigenvalue weighted by molar-refractivity contribution is 0.417. The Morgan fingerprint density at radius 1 is 1.36 bits per heavy atom. The van der Waals surface area contributed by atoms with E-state index in [2.05, 4.69) is 31.1 Å². The molecule has 0 unspecified atom stereocenters. The van der Waals surface area contributed by atoms with Crippen molar-refractivity contribution in [2.45, 2.75) is 19.6 Å². The molecule has 1 heterocycles. The molecule has 0 fully saturated rings. The molecule has 0 aliphatic heterocycles. The molecule has 0 atom stereocenters. The Hall–Kier alpha value is -0.283. The van der Waals surface area contributed by atoms with Gasteiger partial charge in [-0.15, -0.1) is 11.3 Å². The highest BCUT2D eigenvalue weighted by atomic mass is 32.1. The Morgan fingerprint density at radius 3 is 2.27 bits per heavy atom. The van der Waals surface area contributed by atoms with Crippen LogP contribution in [-0.4, -0.2) is 15.2 Å². The Labute approximate surface area is 73.0 Å². The zero-order chi connectivity index (χ0) is 8.48. The fraction of sp³-hybridized carbons (Fsp3) is 0.500. The number of methoxy groups -OCH3 is 1. The molecule has 3 heteroatoms. The first-order valence-electron chi connectivity index (χ1n) is 3.67. The van der Waals surface area contributed by atoms with Crippen LogP contribution >= 0.6 is 11.3 Å². The maximum absolute atomic E-state index is 5.12. The van der Waals surface area contributed by atoms with Crippen LogP contribution in [0, 0.1) is 0 Å². The SMILES string of the molecule is COc1csc([Si](C)(C)C)c1. The predicted molar refractivity (Wildman–Crippen MR) is 53.9 cm³/mol. The van der Waals surface area contributed by atoms with Crippen molar-refractivity contribution in [2.24, 2.45) is 0 Å². The Balaban J connectivity index is 2.89. The largest absolute Gasteiger partial charge is 0.496 e. The molecule has 0 amide bonds. The first-order valence-corrected chi connectivity index (χ1v) is 8.05. The quantitative estimate of drug-likeness (QED) is 0.644. The minimum Gasteiger partial charge on any atom is -0.496 e. The lowest BCUT2D eigenvalue weighted by Gasteiger charge is -2.11. The molecule has 0 aromatic carbocycles. The second-order valence-corrected chi connectivity index (χ2v) is 9.91. The van der Waals surface area contributed by atoms with E-state index in [1.165, 1.54) is 4.50 Å². The van der Waals surface area contributed by atoms with Crippen LogP contribution in [0.5, 0.6) is 5.75 Å². The van der Waals surface area contributed by atoms with Gasteiger partial charge in [-0.3, -0.25) is 0 Å². The summed E-state index contributed by atoms with van der Waals surface area (Å²) in [4.78, 5) is 0. The van der Waals surface area contributed by atoms with Gasteiger partial charge < -0.3 is 4.74 Å². The van der Waals surface area contributed by atoms with E-state index in [0.717, 1.165) is 5.75 Å². The molecule has 0 spiro atoms. The molecular weight excluding hydrogens is 172 g/mol. The molecule has 0 aliphatic carbocycles. The lowest BCUT2D eigenvalue weighted by Crippen LogP contribution is -2.34. The van der Waals surface area contributed by atoms with Gasteiger partial charge >= 0.3 is 0 Å². The smallest absolute Gasteiger partial charge is 0.129 e. The second-order valence-electron chi connectivity index (χ2n) is 3.60. The van der Waals surface area contributed by atoms with Gasteiger partial charge in [0.05, 0.1) is 15.2 Å². The van der Waals surface area contributed by atoms with Crippen LogP contribution in [0.15, 0.2) is 11.4 Å². The highest BCUT2D eigenvalue weighted by Gasteiger charge is 2.18. The van der Waals surface area contributed by atoms with Crippen molar-refractivity contribution in [1.29, 1.82) is 0 Å². The second kappa shape index (κ2) is 2.99. The Morgan fingerprint density at radius 2 is 2.00 bits per heavy atom. The topological polar surface area (TPSA) is 9.23 Å². The van der Waals surface area contributed by atoms with Gasteiger partial charge in [0, 0.05) is 5.38 Å². The summed E-state index contributed by atoms with van der Waals surface area (Å²) in [6, 6.07) is 2.16. The third kappa shape index (κ3) is 2.07. The summed E-state index contributed by atoms with van der Waals surface area (Å²) >= 11 is 1.82. The molecule has 0 saturated heterocycles. The minimum absolute atomic E-state index is 1.01. The average molecular weight is 186 g/mol. The van der Waals surface area contributed by atoms with Crippen molar-refractivity contribution in [2.75, 3.05) is 7.11 Å². The third-order valence-corrected chi connectivity index (χ3v) is 6.09. The fourth-order valence-corrected chi connectivity index (χ4v) is 3.58. The van der Waals surface area contributed by atoms with Crippen LogP contribution in [0.25, 0.3) is 0 Å². The van der Waals surface area contributed by atoms with E-state index >= 15 is 0 Å². The predicted octanol–water partition coefficient (Wildman–Crippen LogP) is 2.30. The van der Waals surface area contributed by atoms with Gasteiger partial charge in [-0.05, 0) is 10.6 Å². The normalized spacial score (nSPS) is 11.6. The van der Waals surface area contributed by atoms with E-state index in [1.807, 2.05) is 11.3 Å². The molecule has 0 bridgehead atoms. The van der Waals surface area contributed by atoms with Crippen LogP contribution in [0.3, 0.4) is 0 Å². The van der Waals surface area contributed by atoms with Crippen LogP contribution < -0.4 is 9.24 Å².